The Kier molecular flexibility index (Phi) is 4.00. The van der Waals surface area contributed by atoms with Gasteiger partial charge < -0.3 is 9.73 Å². The highest BCUT2D eigenvalue weighted by Gasteiger charge is 2.22. The Morgan fingerprint density at radius 1 is 1.53 bits per heavy atom. The molecule has 0 bridgehead atoms. The Morgan fingerprint density at radius 3 is 3.00 bits per heavy atom. The van der Waals surface area contributed by atoms with Gasteiger partial charge in [-0.3, -0.25) is 0 Å². The average Bonchev–Trinajstić information content (AvgIpc) is 2.77. The van der Waals surface area contributed by atoms with Crippen molar-refractivity contribution < 1.29 is 4.42 Å². The molecule has 1 saturated heterocycles. The van der Waals surface area contributed by atoms with Crippen molar-refractivity contribution in [3.05, 3.63) is 23.1 Å². The first-order valence-electron chi connectivity index (χ1n) is 5.28. The van der Waals surface area contributed by atoms with Gasteiger partial charge in [-0.05, 0) is 54.4 Å². The third kappa shape index (κ3) is 3.16. The van der Waals surface area contributed by atoms with E-state index in [0.717, 1.165) is 36.4 Å². The van der Waals surface area contributed by atoms with E-state index in [0.29, 0.717) is 5.22 Å². The number of hydrogen-bond donors (Lipinski definition) is 1. The summed E-state index contributed by atoms with van der Waals surface area (Å²) in [4.78, 5) is 0. The van der Waals surface area contributed by atoms with Gasteiger partial charge in [0.05, 0.1) is 5.75 Å². The van der Waals surface area contributed by atoms with E-state index >= 15 is 0 Å². The van der Waals surface area contributed by atoms with Crippen molar-refractivity contribution in [1.29, 1.82) is 0 Å². The lowest BCUT2D eigenvalue weighted by atomic mass is 10.0. The second kappa shape index (κ2) is 5.28. The van der Waals surface area contributed by atoms with Crippen molar-refractivity contribution in [3.8, 4) is 0 Å². The number of nitrogens with one attached hydrogen (secondary N) is 1. The van der Waals surface area contributed by atoms with Crippen LogP contribution in [0.4, 0.5) is 0 Å². The Morgan fingerprint density at radius 2 is 2.40 bits per heavy atom. The van der Waals surface area contributed by atoms with Gasteiger partial charge in [-0.1, -0.05) is 6.92 Å². The molecule has 84 valence electrons. The zero-order valence-corrected chi connectivity index (χ0v) is 10.4. The SMILES string of the molecule is CC1CNCC1CSCc1ccc(Cl)o1. The maximum absolute atomic E-state index is 5.70. The molecule has 2 heterocycles. The molecule has 1 aliphatic rings. The third-order valence-electron chi connectivity index (χ3n) is 2.88. The van der Waals surface area contributed by atoms with Gasteiger partial charge in [0.15, 0.2) is 5.22 Å². The molecule has 0 aromatic carbocycles. The van der Waals surface area contributed by atoms with Gasteiger partial charge in [0.25, 0.3) is 0 Å². The highest BCUT2D eigenvalue weighted by molar-refractivity contribution is 7.98. The Balaban J connectivity index is 1.70. The summed E-state index contributed by atoms with van der Waals surface area (Å²) in [6.45, 7) is 4.64. The zero-order valence-electron chi connectivity index (χ0n) is 8.83. The molecule has 1 aromatic rings. The number of hydrogen-bond acceptors (Lipinski definition) is 3. The largest absolute Gasteiger partial charge is 0.449 e. The molecule has 4 heteroatoms. The van der Waals surface area contributed by atoms with Crippen LogP contribution in [0.1, 0.15) is 12.7 Å². The zero-order chi connectivity index (χ0) is 10.7. The van der Waals surface area contributed by atoms with Crippen molar-refractivity contribution in [2.45, 2.75) is 12.7 Å². The van der Waals surface area contributed by atoms with E-state index in [1.807, 2.05) is 17.8 Å². The fourth-order valence-electron chi connectivity index (χ4n) is 1.83. The van der Waals surface area contributed by atoms with Gasteiger partial charge >= 0.3 is 0 Å². The molecule has 1 aromatic heterocycles. The van der Waals surface area contributed by atoms with E-state index in [1.54, 1.807) is 6.07 Å². The number of thioether (sulfide) groups is 1. The van der Waals surface area contributed by atoms with Crippen molar-refractivity contribution in [2.24, 2.45) is 11.8 Å². The summed E-state index contributed by atoms with van der Waals surface area (Å²) in [7, 11) is 0. The number of halogens is 1. The van der Waals surface area contributed by atoms with Gasteiger partial charge in [-0.25, -0.2) is 0 Å². The van der Waals surface area contributed by atoms with Gasteiger partial charge in [0, 0.05) is 0 Å². The summed E-state index contributed by atoms with van der Waals surface area (Å²) in [6.07, 6.45) is 0. The molecule has 1 N–H and O–H groups in total. The summed E-state index contributed by atoms with van der Waals surface area (Å²) in [6, 6.07) is 3.75. The maximum atomic E-state index is 5.70. The lowest BCUT2D eigenvalue weighted by molar-refractivity contribution is 0.500. The van der Waals surface area contributed by atoms with Crippen LogP contribution in [0, 0.1) is 11.8 Å². The van der Waals surface area contributed by atoms with E-state index in [-0.39, 0.29) is 0 Å². The second-order valence-corrected chi connectivity index (χ2v) is 5.52. The minimum absolute atomic E-state index is 0.488. The molecule has 0 amide bonds. The van der Waals surface area contributed by atoms with Crippen LogP contribution in [-0.2, 0) is 5.75 Å². The molecule has 2 atom stereocenters. The standard InChI is InChI=1S/C11H16ClNOS/c1-8-4-13-5-9(8)6-15-7-10-2-3-11(12)14-10/h2-3,8-9,13H,4-7H2,1H3. The first kappa shape index (κ1) is 11.4. The molecule has 2 rings (SSSR count). The van der Waals surface area contributed by atoms with Crippen LogP contribution in [0.3, 0.4) is 0 Å². The van der Waals surface area contributed by atoms with Crippen molar-refractivity contribution in [2.75, 3.05) is 18.8 Å². The quantitative estimate of drug-likeness (QED) is 0.883. The monoisotopic (exact) mass is 245 g/mol. The van der Waals surface area contributed by atoms with E-state index in [9.17, 15) is 0 Å². The molecule has 0 aliphatic carbocycles. The van der Waals surface area contributed by atoms with Crippen LogP contribution in [0.15, 0.2) is 16.5 Å². The highest BCUT2D eigenvalue weighted by atomic mass is 35.5. The summed E-state index contributed by atoms with van der Waals surface area (Å²) >= 11 is 7.63. The van der Waals surface area contributed by atoms with Crippen LogP contribution < -0.4 is 5.32 Å². The molecule has 0 radical (unpaired) electrons. The summed E-state index contributed by atoms with van der Waals surface area (Å²) in [5.41, 5.74) is 0. The molecule has 2 unspecified atom stereocenters. The van der Waals surface area contributed by atoms with Gasteiger partial charge in [0.1, 0.15) is 5.76 Å². The normalized spacial score (nSPS) is 26.0. The fraction of sp³-hybridized carbons (Fsp3) is 0.636. The van der Waals surface area contributed by atoms with E-state index in [1.165, 1.54) is 5.75 Å². The summed E-state index contributed by atoms with van der Waals surface area (Å²) < 4.78 is 5.30. The number of rotatable bonds is 4. The van der Waals surface area contributed by atoms with Crippen LogP contribution in [0.5, 0.6) is 0 Å². The smallest absolute Gasteiger partial charge is 0.193 e. The first-order chi connectivity index (χ1) is 7.25. The molecule has 0 saturated carbocycles. The molecule has 1 aliphatic heterocycles. The predicted octanol–water partition coefficient (Wildman–Crippen LogP) is 3.02. The number of furan rings is 1. The average molecular weight is 246 g/mol. The molecular formula is C11H16ClNOS. The van der Waals surface area contributed by atoms with Crippen LogP contribution >= 0.6 is 23.4 Å². The van der Waals surface area contributed by atoms with Crippen LogP contribution in [0.2, 0.25) is 5.22 Å². The molecular weight excluding hydrogens is 230 g/mol. The van der Waals surface area contributed by atoms with Gasteiger partial charge in [-0.15, -0.1) is 0 Å². The molecule has 2 nitrogen and oxygen atoms in total. The molecule has 0 spiro atoms. The predicted molar refractivity (Wildman–Crippen MR) is 65.4 cm³/mol. The highest BCUT2D eigenvalue weighted by Crippen LogP contribution is 2.24. The van der Waals surface area contributed by atoms with E-state index < -0.39 is 0 Å². The van der Waals surface area contributed by atoms with Crippen LogP contribution in [-0.4, -0.2) is 18.8 Å². The van der Waals surface area contributed by atoms with Crippen molar-refractivity contribution >= 4 is 23.4 Å². The van der Waals surface area contributed by atoms with Crippen LogP contribution in [0.25, 0.3) is 0 Å². The maximum Gasteiger partial charge on any atom is 0.193 e. The summed E-state index contributed by atoms with van der Waals surface area (Å²) in [5.74, 6) is 4.71. The van der Waals surface area contributed by atoms with Gasteiger partial charge in [-0.2, -0.15) is 11.8 Å². The lowest BCUT2D eigenvalue weighted by Gasteiger charge is -2.12. The van der Waals surface area contributed by atoms with Crippen molar-refractivity contribution in [1.82, 2.24) is 5.32 Å². The van der Waals surface area contributed by atoms with Gasteiger partial charge in [0.2, 0.25) is 0 Å². The Labute approximate surface area is 99.8 Å². The third-order valence-corrected chi connectivity index (χ3v) is 4.24. The minimum atomic E-state index is 0.488. The fourth-order valence-corrected chi connectivity index (χ4v) is 3.21. The Hall–Kier alpha value is -0.120. The van der Waals surface area contributed by atoms with Crippen molar-refractivity contribution in [3.63, 3.8) is 0 Å². The van der Waals surface area contributed by atoms with E-state index in [4.69, 9.17) is 16.0 Å². The first-order valence-corrected chi connectivity index (χ1v) is 6.81. The lowest BCUT2D eigenvalue weighted by Crippen LogP contribution is -2.12. The topological polar surface area (TPSA) is 25.2 Å². The molecule has 15 heavy (non-hydrogen) atoms. The summed E-state index contributed by atoms with van der Waals surface area (Å²) in [5, 5.41) is 3.90. The van der Waals surface area contributed by atoms with E-state index in [2.05, 4.69) is 12.2 Å². The molecule has 1 fully saturated rings. The Bertz CT molecular complexity index is 315. The second-order valence-electron chi connectivity index (χ2n) is 4.12. The minimum Gasteiger partial charge on any atom is -0.449 e.